The van der Waals surface area contributed by atoms with Crippen LogP contribution < -0.4 is 10.5 Å². The van der Waals surface area contributed by atoms with Gasteiger partial charge in [-0.15, -0.1) is 0 Å². The largest absolute Gasteiger partial charge is 0.488 e. The molecule has 4 nitrogen and oxygen atoms in total. The molecule has 1 aliphatic carbocycles. The van der Waals surface area contributed by atoms with Crippen LogP contribution in [0.1, 0.15) is 43.2 Å². The Hall–Kier alpha value is -2.36. The Labute approximate surface area is 135 Å². The van der Waals surface area contributed by atoms with Gasteiger partial charge < -0.3 is 10.5 Å². The first-order chi connectivity index (χ1) is 11.2. The van der Waals surface area contributed by atoms with Crippen molar-refractivity contribution in [3.63, 3.8) is 0 Å². The fourth-order valence-electron chi connectivity index (χ4n) is 3.96. The van der Waals surface area contributed by atoms with E-state index in [0.29, 0.717) is 6.61 Å². The Balaban J connectivity index is 1.80. The number of benzene rings is 1. The maximum absolute atomic E-state index is 12.2. The maximum atomic E-state index is 12.2. The number of pyridine rings is 1. The molecule has 4 rings (SSSR count). The molecule has 2 N–H and O–H groups in total. The summed E-state index contributed by atoms with van der Waals surface area (Å²) in [6, 6.07) is 8.14. The van der Waals surface area contributed by atoms with Crippen molar-refractivity contribution in [2.24, 2.45) is 5.73 Å². The Morgan fingerprint density at radius 1 is 1.13 bits per heavy atom. The standard InChI is InChI=1S/C19H20N2O2/c20-18(22)19(7-2-1-3-8-19)14-4-5-16-15-6-9-21-11-13(15)12-23-17(16)10-14/h4-6,9-11H,1-3,7-8,12H2,(H2,20,22). The predicted octanol–water partition coefficient (Wildman–Crippen LogP) is 3.33. The molecule has 0 spiro atoms. The summed E-state index contributed by atoms with van der Waals surface area (Å²) >= 11 is 0. The number of nitrogens with two attached hydrogens (primary N) is 1. The molecule has 2 heterocycles. The average molecular weight is 308 g/mol. The van der Waals surface area contributed by atoms with E-state index in [9.17, 15) is 4.79 Å². The Morgan fingerprint density at radius 3 is 2.74 bits per heavy atom. The van der Waals surface area contributed by atoms with E-state index in [4.69, 9.17) is 10.5 Å². The van der Waals surface area contributed by atoms with Crippen LogP contribution in [0.2, 0.25) is 0 Å². The average Bonchev–Trinajstić information content (AvgIpc) is 2.61. The summed E-state index contributed by atoms with van der Waals surface area (Å²) in [4.78, 5) is 16.4. The van der Waals surface area contributed by atoms with Crippen LogP contribution in [0, 0.1) is 0 Å². The van der Waals surface area contributed by atoms with Gasteiger partial charge in [0.15, 0.2) is 0 Å². The third-order valence-electron chi connectivity index (χ3n) is 5.29. The molecule has 0 saturated heterocycles. The van der Waals surface area contributed by atoms with E-state index in [1.807, 2.05) is 24.4 Å². The quantitative estimate of drug-likeness (QED) is 0.925. The molecule has 23 heavy (non-hydrogen) atoms. The van der Waals surface area contributed by atoms with E-state index in [0.717, 1.165) is 53.7 Å². The lowest BCUT2D eigenvalue weighted by atomic mass is 9.68. The fourth-order valence-corrected chi connectivity index (χ4v) is 3.96. The highest BCUT2D eigenvalue weighted by molar-refractivity contribution is 5.87. The molecular weight excluding hydrogens is 288 g/mol. The maximum Gasteiger partial charge on any atom is 0.228 e. The third kappa shape index (κ3) is 2.21. The second-order valence-corrected chi connectivity index (χ2v) is 6.54. The van der Waals surface area contributed by atoms with Gasteiger partial charge in [0.1, 0.15) is 12.4 Å². The number of nitrogens with zero attached hydrogens (tertiary/aromatic N) is 1. The number of fused-ring (bicyclic) bond motifs is 3. The van der Waals surface area contributed by atoms with Crippen LogP contribution >= 0.6 is 0 Å². The Kier molecular flexibility index (Phi) is 3.33. The predicted molar refractivity (Wildman–Crippen MR) is 88.0 cm³/mol. The molecule has 0 unspecified atom stereocenters. The summed E-state index contributed by atoms with van der Waals surface area (Å²) in [7, 11) is 0. The monoisotopic (exact) mass is 308 g/mol. The summed E-state index contributed by atoms with van der Waals surface area (Å²) in [5, 5.41) is 0. The molecule has 1 aromatic heterocycles. The second-order valence-electron chi connectivity index (χ2n) is 6.54. The van der Waals surface area contributed by atoms with Crippen molar-refractivity contribution in [3.8, 4) is 16.9 Å². The second kappa shape index (κ2) is 5.37. The first-order valence-corrected chi connectivity index (χ1v) is 8.21. The van der Waals surface area contributed by atoms with Crippen molar-refractivity contribution in [2.45, 2.75) is 44.1 Å². The number of carbonyl (C=O) groups excluding carboxylic acids is 1. The highest BCUT2D eigenvalue weighted by atomic mass is 16.5. The molecule has 1 aliphatic heterocycles. The fraction of sp³-hybridized carbons (Fsp3) is 0.368. The van der Waals surface area contributed by atoms with Gasteiger partial charge >= 0.3 is 0 Å². The number of hydrogen-bond acceptors (Lipinski definition) is 3. The van der Waals surface area contributed by atoms with Gasteiger partial charge in [0.2, 0.25) is 5.91 Å². The lowest BCUT2D eigenvalue weighted by Gasteiger charge is -2.35. The molecule has 0 atom stereocenters. The molecule has 1 saturated carbocycles. The number of hydrogen-bond donors (Lipinski definition) is 1. The van der Waals surface area contributed by atoms with Gasteiger partial charge in [-0.05, 0) is 36.1 Å². The van der Waals surface area contributed by atoms with Crippen LogP contribution in [-0.4, -0.2) is 10.9 Å². The lowest BCUT2D eigenvalue weighted by Crippen LogP contribution is -2.42. The normalized spacial score (nSPS) is 18.4. The molecule has 1 amide bonds. The zero-order chi connectivity index (χ0) is 15.9. The van der Waals surface area contributed by atoms with Crippen molar-refractivity contribution >= 4 is 5.91 Å². The van der Waals surface area contributed by atoms with E-state index in [2.05, 4.69) is 11.1 Å². The summed E-state index contributed by atoms with van der Waals surface area (Å²) in [5.74, 6) is 0.630. The molecule has 1 aromatic carbocycles. The molecule has 0 radical (unpaired) electrons. The molecule has 118 valence electrons. The van der Waals surface area contributed by atoms with Crippen LogP contribution in [-0.2, 0) is 16.8 Å². The van der Waals surface area contributed by atoms with Gasteiger partial charge in [-0.2, -0.15) is 0 Å². The Bertz CT molecular complexity index is 764. The number of rotatable bonds is 2. The van der Waals surface area contributed by atoms with E-state index in [1.165, 1.54) is 6.42 Å². The summed E-state index contributed by atoms with van der Waals surface area (Å²) in [5.41, 5.74) is 9.58. The Morgan fingerprint density at radius 2 is 1.96 bits per heavy atom. The smallest absolute Gasteiger partial charge is 0.228 e. The van der Waals surface area contributed by atoms with Gasteiger partial charge in [0, 0.05) is 23.5 Å². The van der Waals surface area contributed by atoms with Crippen LogP contribution in [0.5, 0.6) is 5.75 Å². The van der Waals surface area contributed by atoms with Crippen molar-refractivity contribution in [1.82, 2.24) is 4.98 Å². The number of carbonyl (C=O) groups is 1. The van der Waals surface area contributed by atoms with Gasteiger partial charge in [-0.25, -0.2) is 0 Å². The minimum absolute atomic E-state index is 0.211. The number of aromatic nitrogens is 1. The molecular formula is C19H20N2O2. The number of ether oxygens (including phenoxy) is 1. The first kappa shape index (κ1) is 14.2. The third-order valence-corrected chi connectivity index (χ3v) is 5.29. The SMILES string of the molecule is NC(=O)C1(c2ccc3c(c2)OCc2cnccc2-3)CCCCC1. The van der Waals surface area contributed by atoms with Crippen molar-refractivity contribution in [3.05, 3.63) is 47.8 Å². The summed E-state index contributed by atoms with van der Waals surface area (Å²) < 4.78 is 5.91. The lowest BCUT2D eigenvalue weighted by molar-refractivity contribution is -0.124. The van der Waals surface area contributed by atoms with Gasteiger partial charge in [-0.3, -0.25) is 9.78 Å². The van der Waals surface area contributed by atoms with Crippen LogP contribution in [0.4, 0.5) is 0 Å². The van der Waals surface area contributed by atoms with Gasteiger partial charge in [0.05, 0.1) is 5.41 Å². The summed E-state index contributed by atoms with van der Waals surface area (Å²) in [6.45, 7) is 0.517. The minimum Gasteiger partial charge on any atom is -0.488 e. The van der Waals surface area contributed by atoms with E-state index in [1.54, 1.807) is 6.20 Å². The van der Waals surface area contributed by atoms with E-state index < -0.39 is 5.41 Å². The molecule has 4 heteroatoms. The highest BCUT2D eigenvalue weighted by Gasteiger charge is 2.40. The topological polar surface area (TPSA) is 65.2 Å². The zero-order valence-electron chi connectivity index (χ0n) is 13.0. The summed E-state index contributed by atoms with van der Waals surface area (Å²) in [6.07, 6.45) is 8.59. The van der Waals surface area contributed by atoms with Crippen LogP contribution in [0.3, 0.4) is 0 Å². The van der Waals surface area contributed by atoms with Gasteiger partial charge in [-0.1, -0.05) is 31.4 Å². The number of amides is 1. The zero-order valence-corrected chi connectivity index (χ0v) is 13.0. The van der Waals surface area contributed by atoms with E-state index in [-0.39, 0.29) is 5.91 Å². The van der Waals surface area contributed by atoms with Crippen LogP contribution in [0.15, 0.2) is 36.7 Å². The molecule has 0 bridgehead atoms. The first-order valence-electron chi connectivity index (χ1n) is 8.21. The van der Waals surface area contributed by atoms with Gasteiger partial charge in [0.25, 0.3) is 0 Å². The molecule has 1 fully saturated rings. The van der Waals surface area contributed by atoms with Crippen molar-refractivity contribution in [1.29, 1.82) is 0 Å². The van der Waals surface area contributed by atoms with Crippen LogP contribution in [0.25, 0.3) is 11.1 Å². The molecule has 2 aromatic rings. The van der Waals surface area contributed by atoms with Crippen molar-refractivity contribution < 1.29 is 9.53 Å². The highest BCUT2D eigenvalue weighted by Crippen LogP contribution is 2.44. The minimum atomic E-state index is -0.533. The van der Waals surface area contributed by atoms with E-state index >= 15 is 0 Å². The molecule has 2 aliphatic rings. The number of primary amides is 1. The van der Waals surface area contributed by atoms with Crippen molar-refractivity contribution in [2.75, 3.05) is 0 Å².